The summed E-state index contributed by atoms with van der Waals surface area (Å²) in [6, 6.07) is 20.2. The number of hydrogen-bond donors (Lipinski definition) is 4. The highest BCUT2D eigenvalue weighted by Gasteiger charge is 2.40. The van der Waals surface area contributed by atoms with Crippen LogP contribution in [0.3, 0.4) is 0 Å². The molecule has 64 heavy (non-hydrogen) atoms. The number of anilines is 2. The minimum absolute atomic E-state index is 0.00632. The van der Waals surface area contributed by atoms with E-state index in [1.807, 2.05) is 18.2 Å². The molecule has 4 aromatic carbocycles. The van der Waals surface area contributed by atoms with Crippen molar-refractivity contribution in [2.75, 3.05) is 30.5 Å². The molecule has 5 aromatic rings. The first kappa shape index (κ1) is 46.2. The molecule has 0 spiro atoms. The van der Waals surface area contributed by atoms with E-state index in [0.717, 1.165) is 37.5 Å². The molecule has 1 amide bonds. The number of fused-ring (bicyclic) bond motifs is 1. The summed E-state index contributed by atoms with van der Waals surface area (Å²) < 4.78 is 75.4. The highest BCUT2D eigenvalue weighted by Crippen LogP contribution is 2.44. The molecule has 332 valence electrons. The number of nitrogens with zero attached hydrogens (tertiary/aromatic N) is 5. The van der Waals surface area contributed by atoms with Gasteiger partial charge in [0.1, 0.15) is 53.5 Å². The number of hydrogen-bond acceptors (Lipinski definition) is 12. The summed E-state index contributed by atoms with van der Waals surface area (Å²) in [5, 5.41) is 48.3. The van der Waals surface area contributed by atoms with Crippen molar-refractivity contribution >= 4 is 28.8 Å². The van der Waals surface area contributed by atoms with Gasteiger partial charge in [-0.25, -0.2) is 9.37 Å². The van der Waals surface area contributed by atoms with E-state index in [0.29, 0.717) is 60.3 Å². The fraction of sp³-hybridized carbons (Fsp3) is 0.326. The highest BCUT2D eigenvalue weighted by atomic mass is 19.4. The van der Waals surface area contributed by atoms with E-state index >= 15 is 0 Å². The van der Waals surface area contributed by atoms with Crippen LogP contribution < -0.4 is 24.8 Å². The van der Waals surface area contributed by atoms with Crippen LogP contribution in [0.25, 0.3) is 0 Å². The minimum atomic E-state index is -4.95. The molecule has 0 saturated heterocycles. The number of ketones is 1. The molecule has 1 aliphatic rings. The standard InChI is InChI=1S/C46H44F4N8O6/c1-27(59)34-19-30(47)20-37-39(34)41(53)40(43-54-26-55-58(43)3)42(57-37)29-11-15-32(16-12-29)62-17-7-5-4-6-8-18-63-38-22-31(21-36(35(38)24-52)46(48,49)50)56-44(60)45(2,61)25-64-33-13-9-28(23-51)10-14-33/h9-16,19-22,26,40,42,53,57,61H,4-8,17-18,25H2,1-3H3,(H,56,60)/t40-,42+,45+/m0/s1. The van der Waals surface area contributed by atoms with Gasteiger partial charge in [0, 0.05) is 35.6 Å². The Hall–Kier alpha value is -7.31. The van der Waals surface area contributed by atoms with E-state index < -0.39 is 53.2 Å². The van der Waals surface area contributed by atoms with Crippen molar-refractivity contribution in [3.05, 3.63) is 124 Å². The summed E-state index contributed by atoms with van der Waals surface area (Å²) in [5.74, 6) is -1.70. The number of alkyl halides is 3. The second-order valence-electron chi connectivity index (χ2n) is 15.4. The van der Waals surface area contributed by atoms with Gasteiger partial charge >= 0.3 is 6.18 Å². The average molecular weight is 881 g/mol. The van der Waals surface area contributed by atoms with Crippen LogP contribution in [-0.2, 0) is 18.0 Å². The molecule has 2 heterocycles. The van der Waals surface area contributed by atoms with Gasteiger partial charge in [-0.2, -0.15) is 28.8 Å². The van der Waals surface area contributed by atoms with Crippen LogP contribution in [0.4, 0.5) is 28.9 Å². The summed E-state index contributed by atoms with van der Waals surface area (Å²) in [5.41, 5.74) is -2.56. The number of aliphatic hydroxyl groups is 1. The molecule has 0 saturated carbocycles. The molecular formula is C46H44F4N8O6. The second-order valence-corrected chi connectivity index (χ2v) is 15.4. The SMILES string of the molecule is CC(=O)c1cc(F)cc2c1C(=N)[C@H](c1ncnn1C)[C@@H](c1ccc(OCCCCCCCOc3cc(NC(=O)[C@](C)(O)COc4ccc(C#N)cc4)cc(C(F)(F)F)c3C#N)cc1)N2. The maximum atomic E-state index is 14.6. The number of unbranched alkanes of at least 4 members (excludes halogenated alkanes) is 4. The zero-order chi connectivity index (χ0) is 46.2. The Morgan fingerprint density at radius 2 is 1.56 bits per heavy atom. The molecule has 4 N–H and O–H groups in total. The Morgan fingerprint density at radius 3 is 2.17 bits per heavy atom. The lowest BCUT2D eigenvalue weighted by atomic mass is 9.79. The molecular weight excluding hydrogens is 837 g/mol. The molecule has 18 heteroatoms. The van der Waals surface area contributed by atoms with Gasteiger partial charge < -0.3 is 35.4 Å². The Kier molecular flexibility index (Phi) is 14.3. The summed E-state index contributed by atoms with van der Waals surface area (Å²) in [4.78, 5) is 29.8. The average Bonchev–Trinajstić information content (AvgIpc) is 3.69. The predicted molar refractivity (Wildman–Crippen MR) is 226 cm³/mol. The topological polar surface area (TPSA) is 208 Å². The van der Waals surface area contributed by atoms with E-state index in [-0.39, 0.29) is 40.9 Å². The number of nitriles is 2. The molecule has 14 nitrogen and oxygen atoms in total. The zero-order valence-electron chi connectivity index (χ0n) is 35.1. The number of benzene rings is 4. The minimum Gasteiger partial charge on any atom is -0.494 e. The Balaban J connectivity index is 0.986. The normalized spacial score (nSPS) is 15.4. The number of aryl methyl sites for hydroxylation is 1. The van der Waals surface area contributed by atoms with Gasteiger partial charge in [-0.1, -0.05) is 31.4 Å². The first-order valence-corrected chi connectivity index (χ1v) is 20.2. The third-order valence-electron chi connectivity index (χ3n) is 10.6. The number of Topliss-reactive ketones (excluding diaryl/α,β-unsaturated/α-hetero) is 1. The molecule has 6 rings (SSSR count). The number of carbonyl (C=O) groups is 2. The lowest BCUT2D eigenvalue weighted by Gasteiger charge is -2.36. The molecule has 0 unspecified atom stereocenters. The number of aromatic nitrogens is 3. The van der Waals surface area contributed by atoms with E-state index in [4.69, 9.17) is 19.5 Å². The number of carbonyl (C=O) groups excluding carboxylic acids is 2. The van der Waals surface area contributed by atoms with Crippen LogP contribution in [0.5, 0.6) is 17.2 Å². The fourth-order valence-electron chi connectivity index (χ4n) is 7.20. The highest BCUT2D eigenvalue weighted by molar-refractivity contribution is 6.16. The number of halogens is 4. The van der Waals surface area contributed by atoms with Gasteiger partial charge in [0.25, 0.3) is 5.91 Å². The van der Waals surface area contributed by atoms with Gasteiger partial charge in [-0.05, 0) is 86.8 Å². The van der Waals surface area contributed by atoms with Crippen LogP contribution in [0.2, 0.25) is 0 Å². The monoisotopic (exact) mass is 880 g/mol. The largest absolute Gasteiger partial charge is 0.494 e. The number of nitrogens with one attached hydrogen (secondary N) is 3. The summed E-state index contributed by atoms with van der Waals surface area (Å²) in [6.07, 6.45) is -0.197. The lowest BCUT2D eigenvalue weighted by Crippen LogP contribution is -2.45. The van der Waals surface area contributed by atoms with Crippen molar-refractivity contribution in [1.29, 1.82) is 15.9 Å². The van der Waals surface area contributed by atoms with E-state index in [9.17, 15) is 42.9 Å². The van der Waals surface area contributed by atoms with Crippen LogP contribution in [-0.4, -0.2) is 62.7 Å². The van der Waals surface area contributed by atoms with E-state index in [1.54, 1.807) is 29.9 Å². The molecule has 0 fully saturated rings. The van der Waals surface area contributed by atoms with Crippen LogP contribution in [0.15, 0.2) is 79.1 Å². The summed E-state index contributed by atoms with van der Waals surface area (Å²) >= 11 is 0. The first-order chi connectivity index (χ1) is 30.5. The molecule has 3 atom stereocenters. The third-order valence-corrected chi connectivity index (χ3v) is 10.6. The lowest BCUT2D eigenvalue weighted by molar-refractivity contribution is -0.138. The van der Waals surface area contributed by atoms with Crippen LogP contribution >= 0.6 is 0 Å². The van der Waals surface area contributed by atoms with E-state index in [2.05, 4.69) is 20.7 Å². The van der Waals surface area contributed by atoms with Crippen molar-refractivity contribution in [2.24, 2.45) is 7.05 Å². The van der Waals surface area contributed by atoms with Gasteiger partial charge in [-0.15, -0.1) is 0 Å². The summed E-state index contributed by atoms with van der Waals surface area (Å²) in [7, 11) is 1.71. The number of ether oxygens (including phenoxy) is 3. The second kappa shape index (κ2) is 19.8. The summed E-state index contributed by atoms with van der Waals surface area (Å²) in [6.45, 7) is 2.30. The number of amides is 1. The third kappa shape index (κ3) is 10.8. The molecule has 0 aliphatic carbocycles. The first-order valence-electron chi connectivity index (χ1n) is 20.2. The maximum Gasteiger partial charge on any atom is 0.417 e. The van der Waals surface area contributed by atoms with Crippen molar-refractivity contribution < 1.29 is 46.5 Å². The smallest absolute Gasteiger partial charge is 0.417 e. The zero-order valence-corrected chi connectivity index (χ0v) is 35.1. The van der Waals surface area contributed by atoms with Crippen LogP contribution in [0, 0.1) is 33.9 Å². The molecule has 1 aliphatic heterocycles. The van der Waals surface area contributed by atoms with Gasteiger partial charge in [-0.3, -0.25) is 14.3 Å². The van der Waals surface area contributed by atoms with Crippen molar-refractivity contribution in [1.82, 2.24) is 14.8 Å². The Labute approximate surface area is 365 Å². The molecule has 0 bridgehead atoms. The van der Waals surface area contributed by atoms with Crippen molar-refractivity contribution in [3.63, 3.8) is 0 Å². The quantitative estimate of drug-likeness (QED) is 0.0373. The molecule has 1 aromatic heterocycles. The predicted octanol–water partition coefficient (Wildman–Crippen LogP) is 8.41. The van der Waals surface area contributed by atoms with Gasteiger partial charge in [0.15, 0.2) is 11.4 Å². The molecule has 0 radical (unpaired) electrons. The van der Waals surface area contributed by atoms with Crippen molar-refractivity contribution in [2.45, 2.75) is 69.7 Å². The van der Waals surface area contributed by atoms with Crippen molar-refractivity contribution in [3.8, 4) is 29.4 Å². The van der Waals surface area contributed by atoms with Gasteiger partial charge in [0.05, 0.1) is 48.1 Å². The van der Waals surface area contributed by atoms with Gasteiger partial charge in [0.2, 0.25) is 0 Å². The van der Waals surface area contributed by atoms with Crippen LogP contribution in [0.1, 0.15) is 102 Å². The maximum absolute atomic E-state index is 14.6. The van der Waals surface area contributed by atoms with E-state index in [1.165, 1.54) is 43.6 Å². The Morgan fingerprint density at radius 1 is 0.922 bits per heavy atom. The number of rotatable bonds is 18. The Bertz CT molecular complexity index is 2600. The fourth-order valence-corrected chi connectivity index (χ4v) is 7.20.